The van der Waals surface area contributed by atoms with Gasteiger partial charge in [-0.05, 0) is 13.3 Å². The molecular formula is C12H16FN5O2. The summed E-state index contributed by atoms with van der Waals surface area (Å²) >= 11 is 0. The molecule has 1 aliphatic rings. The lowest BCUT2D eigenvalue weighted by Crippen LogP contribution is -2.39. The molecule has 0 radical (unpaired) electrons. The van der Waals surface area contributed by atoms with Gasteiger partial charge in [0, 0.05) is 0 Å². The number of hydrogen-bond donors (Lipinski definition) is 2. The van der Waals surface area contributed by atoms with Crippen molar-refractivity contribution in [1.29, 1.82) is 0 Å². The number of fused-ring (bicyclic) bond motifs is 1. The van der Waals surface area contributed by atoms with Crippen molar-refractivity contribution in [3.05, 3.63) is 12.7 Å². The van der Waals surface area contributed by atoms with Gasteiger partial charge in [-0.25, -0.2) is 19.3 Å². The molecule has 0 aromatic carbocycles. The Morgan fingerprint density at radius 2 is 2.25 bits per heavy atom. The third-order valence-corrected chi connectivity index (χ3v) is 3.76. The van der Waals surface area contributed by atoms with Gasteiger partial charge in [0.2, 0.25) is 0 Å². The van der Waals surface area contributed by atoms with Crippen LogP contribution in [0.2, 0.25) is 0 Å². The zero-order valence-corrected chi connectivity index (χ0v) is 11.2. The molecule has 0 aliphatic carbocycles. The fraction of sp³-hybridized carbons (Fsp3) is 0.583. The van der Waals surface area contributed by atoms with Gasteiger partial charge in [0.25, 0.3) is 0 Å². The van der Waals surface area contributed by atoms with Gasteiger partial charge in [0.15, 0.2) is 23.4 Å². The monoisotopic (exact) mass is 281 g/mol. The molecule has 1 aliphatic heterocycles. The minimum absolute atomic E-state index is 0.222. The Kier molecular flexibility index (Phi) is 2.87. The van der Waals surface area contributed by atoms with Crippen LogP contribution in [0.25, 0.3) is 11.2 Å². The molecule has 2 aromatic heterocycles. The van der Waals surface area contributed by atoms with Gasteiger partial charge in [0.05, 0.1) is 12.4 Å². The Bertz CT molecular complexity index is 644. The SMILES string of the molecule is CC[C@H]1O[C@@H](n2cnc3c(N)ncnc32)C(C)(F)C1O. The smallest absolute Gasteiger partial charge is 0.181 e. The van der Waals surface area contributed by atoms with Crippen molar-refractivity contribution in [1.82, 2.24) is 19.5 Å². The van der Waals surface area contributed by atoms with Crippen molar-refractivity contribution >= 4 is 17.0 Å². The van der Waals surface area contributed by atoms with Gasteiger partial charge in [-0.2, -0.15) is 0 Å². The van der Waals surface area contributed by atoms with Crippen molar-refractivity contribution in [3.63, 3.8) is 0 Å². The molecule has 7 nitrogen and oxygen atoms in total. The van der Waals surface area contributed by atoms with Crippen LogP contribution in [0.5, 0.6) is 0 Å². The number of ether oxygens (including phenoxy) is 1. The number of halogens is 1. The van der Waals surface area contributed by atoms with E-state index in [-0.39, 0.29) is 5.82 Å². The van der Waals surface area contributed by atoms with Crippen molar-refractivity contribution in [2.75, 3.05) is 5.73 Å². The van der Waals surface area contributed by atoms with Crippen LogP contribution in [-0.2, 0) is 4.74 Å². The van der Waals surface area contributed by atoms with Crippen LogP contribution in [0.15, 0.2) is 12.7 Å². The maximum Gasteiger partial charge on any atom is 0.181 e. The number of rotatable bonds is 2. The number of aromatic nitrogens is 4. The van der Waals surface area contributed by atoms with E-state index in [0.717, 1.165) is 0 Å². The van der Waals surface area contributed by atoms with Gasteiger partial charge >= 0.3 is 0 Å². The number of nitrogens with zero attached hydrogens (tertiary/aromatic N) is 4. The zero-order valence-electron chi connectivity index (χ0n) is 11.2. The Morgan fingerprint density at radius 3 is 2.90 bits per heavy atom. The van der Waals surface area contributed by atoms with Gasteiger partial charge in [-0.15, -0.1) is 0 Å². The summed E-state index contributed by atoms with van der Waals surface area (Å²) in [5, 5.41) is 10.0. The third kappa shape index (κ3) is 1.68. The summed E-state index contributed by atoms with van der Waals surface area (Å²) in [6, 6.07) is 0. The van der Waals surface area contributed by atoms with Gasteiger partial charge in [-0.1, -0.05) is 6.92 Å². The Hall–Kier alpha value is -1.80. The fourth-order valence-corrected chi connectivity index (χ4v) is 2.58. The standard InChI is InChI=1S/C12H16FN5O2/c1-3-6-8(19)12(2,13)11(20-6)18-5-17-7-9(14)15-4-16-10(7)18/h4-6,8,11,19H,3H2,1-2H3,(H2,14,15,16)/t6-,8?,11-,12?/m1/s1. The van der Waals surface area contributed by atoms with Crippen LogP contribution in [0.1, 0.15) is 26.5 Å². The molecular weight excluding hydrogens is 265 g/mol. The maximum atomic E-state index is 14.8. The summed E-state index contributed by atoms with van der Waals surface area (Å²) in [5.74, 6) is 0.222. The topological polar surface area (TPSA) is 99.1 Å². The summed E-state index contributed by atoms with van der Waals surface area (Å²) in [6.07, 6.45) is 0.445. The molecule has 108 valence electrons. The summed E-state index contributed by atoms with van der Waals surface area (Å²) in [4.78, 5) is 12.0. The molecule has 1 saturated heterocycles. The average Bonchev–Trinajstić information content (AvgIpc) is 2.92. The van der Waals surface area contributed by atoms with Crippen molar-refractivity contribution in [3.8, 4) is 0 Å². The van der Waals surface area contributed by atoms with Crippen LogP contribution in [0, 0.1) is 0 Å². The molecule has 2 aromatic rings. The molecule has 0 amide bonds. The molecule has 3 N–H and O–H groups in total. The first-order valence-electron chi connectivity index (χ1n) is 6.42. The highest BCUT2D eigenvalue weighted by molar-refractivity contribution is 5.81. The second-order valence-electron chi connectivity index (χ2n) is 5.11. The van der Waals surface area contributed by atoms with E-state index in [1.54, 1.807) is 0 Å². The van der Waals surface area contributed by atoms with Crippen LogP contribution in [0.3, 0.4) is 0 Å². The normalized spacial score (nSPS) is 33.9. The minimum atomic E-state index is -1.94. The van der Waals surface area contributed by atoms with Crippen LogP contribution in [0.4, 0.5) is 10.2 Å². The molecule has 4 atom stereocenters. The van der Waals surface area contributed by atoms with Crippen molar-refractivity contribution < 1.29 is 14.2 Å². The lowest BCUT2D eigenvalue weighted by molar-refractivity contribution is -0.0458. The second kappa shape index (κ2) is 4.35. The summed E-state index contributed by atoms with van der Waals surface area (Å²) in [6.45, 7) is 3.15. The largest absolute Gasteiger partial charge is 0.387 e. The highest BCUT2D eigenvalue weighted by Gasteiger charge is 2.54. The molecule has 1 fully saturated rings. The quantitative estimate of drug-likeness (QED) is 0.845. The number of anilines is 1. The first-order chi connectivity index (χ1) is 9.46. The predicted octanol–water partition coefficient (Wildman–Crippen LogP) is 0.805. The van der Waals surface area contributed by atoms with E-state index < -0.39 is 24.1 Å². The molecule has 0 saturated carbocycles. The number of imidazole rings is 1. The Labute approximate surface area is 114 Å². The van der Waals surface area contributed by atoms with Crippen LogP contribution < -0.4 is 5.73 Å². The molecule has 3 heterocycles. The summed E-state index contributed by atoms with van der Waals surface area (Å²) < 4.78 is 21.9. The summed E-state index contributed by atoms with van der Waals surface area (Å²) in [5.41, 5.74) is 4.54. The van der Waals surface area contributed by atoms with Gasteiger partial charge in [-0.3, -0.25) is 4.57 Å². The van der Waals surface area contributed by atoms with Crippen molar-refractivity contribution in [2.24, 2.45) is 0 Å². The average molecular weight is 281 g/mol. The van der Waals surface area contributed by atoms with Gasteiger partial charge < -0.3 is 15.6 Å². The Balaban J connectivity index is 2.10. The van der Waals surface area contributed by atoms with Gasteiger partial charge in [0.1, 0.15) is 17.9 Å². The highest BCUT2D eigenvalue weighted by Crippen LogP contribution is 2.43. The maximum absolute atomic E-state index is 14.8. The number of nitrogens with two attached hydrogens (primary N) is 1. The molecule has 2 unspecified atom stereocenters. The minimum Gasteiger partial charge on any atom is -0.387 e. The van der Waals surface area contributed by atoms with E-state index in [4.69, 9.17) is 10.5 Å². The van der Waals surface area contributed by atoms with Crippen molar-refractivity contribution in [2.45, 2.75) is 44.4 Å². The van der Waals surface area contributed by atoms with Crippen LogP contribution >= 0.6 is 0 Å². The zero-order chi connectivity index (χ0) is 14.5. The first kappa shape index (κ1) is 13.2. The number of alkyl halides is 1. The second-order valence-corrected chi connectivity index (χ2v) is 5.11. The number of aliphatic hydroxyl groups is 1. The lowest BCUT2D eigenvalue weighted by atomic mass is 9.97. The predicted molar refractivity (Wildman–Crippen MR) is 69.5 cm³/mol. The molecule has 8 heteroatoms. The number of aliphatic hydroxyl groups excluding tert-OH is 1. The van der Waals surface area contributed by atoms with E-state index in [1.807, 2.05) is 6.92 Å². The van der Waals surface area contributed by atoms with E-state index in [9.17, 15) is 9.50 Å². The lowest BCUT2D eigenvalue weighted by Gasteiger charge is -2.24. The molecule has 20 heavy (non-hydrogen) atoms. The Morgan fingerprint density at radius 1 is 1.50 bits per heavy atom. The summed E-state index contributed by atoms with van der Waals surface area (Å²) in [7, 11) is 0. The van der Waals surface area contributed by atoms with Crippen LogP contribution in [-0.4, -0.2) is 42.5 Å². The molecule has 0 bridgehead atoms. The van der Waals surface area contributed by atoms with E-state index in [2.05, 4.69) is 15.0 Å². The van der Waals surface area contributed by atoms with E-state index >= 15 is 0 Å². The molecule has 0 spiro atoms. The highest BCUT2D eigenvalue weighted by atomic mass is 19.1. The number of nitrogen functional groups attached to an aromatic ring is 1. The van der Waals surface area contributed by atoms with E-state index in [0.29, 0.717) is 17.6 Å². The fourth-order valence-electron chi connectivity index (χ4n) is 2.58. The number of hydrogen-bond acceptors (Lipinski definition) is 6. The van der Waals surface area contributed by atoms with E-state index in [1.165, 1.54) is 24.1 Å². The molecule has 3 rings (SSSR count). The third-order valence-electron chi connectivity index (χ3n) is 3.76. The first-order valence-corrected chi connectivity index (χ1v) is 6.42.